The smallest absolute Gasteiger partial charge is 0.407 e. The molecule has 9 heteroatoms. The van der Waals surface area contributed by atoms with Gasteiger partial charge in [0.25, 0.3) is 0 Å². The molecule has 0 aromatic heterocycles. The lowest BCUT2D eigenvalue weighted by atomic mass is 9.82. The molecule has 0 aliphatic heterocycles. The summed E-state index contributed by atoms with van der Waals surface area (Å²) in [6.07, 6.45) is 1.01. The summed E-state index contributed by atoms with van der Waals surface area (Å²) in [4.78, 5) is 38.1. The van der Waals surface area contributed by atoms with Crippen LogP contribution >= 0.6 is 0 Å². The van der Waals surface area contributed by atoms with E-state index in [4.69, 9.17) is 14.2 Å². The Morgan fingerprint density at radius 1 is 1.02 bits per heavy atom. The predicted octanol–water partition coefficient (Wildman–Crippen LogP) is 6.24. The largest absolute Gasteiger partial charge is 0.493 e. The van der Waals surface area contributed by atoms with Crippen molar-refractivity contribution < 1.29 is 33.7 Å². The molecule has 0 saturated carbocycles. The van der Waals surface area contributed by atoms with Crippen molar-refractivity contribution in [2.45, 2.75) is 91.4 Å². The van der Waals surface area contributed by atoms with Crippen molar-refractivity contribution in [2.24, 2.45) is 11.8 Å². The fourth-order valence-corrected chi connectivity index (χ4v) is 4.64. The third kappa shape index (κ3) is 12.4. The first-order valence-corrected chi connectivity index (χ1v) is 15.3. The van der Waals surface area contributed by atoms with Gasteiger partial charge in [-0.25, -0.2) is 9.59 Å². The number of aliphatic hydroxyl groups excluding tert-OH is 1. The van der Waals surface area contributed by atoms with Crippen LogP contribution in [0.5, 0.6) is 11.5 Å². The van der Waals surface area contributed by atoms with Crippen LogP contribution in [0.25, 0.3) is 0 Å². The molecule has 2 rings (SSSR count). The molecule has 0 radical (unpaired) electrons. The van der Waals surface area contributed by atoms with Crippen molar-refractivity contribution in [2.75, 3.05) is 13.7 Å². The Kier molecular flexibility index (Phi) is 14.4. The lowest BCUT2D eigenvalue weighted by Gasteiger charge is -2.31. The van der Waals surface area contributed by atoms with Crippen molar-refractivity contribution in [1.82, 2.24) is 10.6 Å². The topological polar surface area (TPSA) is 123 Å². The Morgan fingerprint density at radius 2 is 1.70 bits per heavy atom. The van der Waals surface area contributed by atoms with Crippen molar-refractivity contribution in [3.63, 3.8) is 0 Å². The summed E-state index contributed by atoms with van der Waals surface area (Å²) >= 11 is 0. The zero-order valence-electron chi connectivity index (χ0n) is 27.3. The molecule has 2 amide bonds. The summed E-state index contributed by atoms with van der Waals surface area (Å²) in [6, 6.07) is 13.4. The molecule has 44 heavy (non-hydrogen) atoms. The average Bonchev–Trinajstić information content (AvgIpc) is 2.95. The SMILES string of the molecule is C=C(C[C@H](O)[C@H](C[C@H](Cc1ccc(OC)c(OC(=O)c2ccccc2)c1)C(C)C)NC(=O)OC(C)(C)C)C(=O)NCCCC. The third-order valence-corrected chi connectivity index (χ3v) is 7.20. The molecule has 3 atom stereocenters. The highest BCUT2D eigenvalue weighted by molar-refractivity contribution is 5.92. The molecule has 0 aliphatic rings. The molecule has 3 N–H and O–H groups in total. The normalized spacial score (nSPS) is 13.4. The quantitative estimate of drug-likeness (QED) is 0.0890. The monoisotopic (exact) mass is 610 g/mol. The van der Waals surface area contributed by atoms with Crippen LogP contribution in [0.4, 0.5) is 4.79 Å². The van der Waals surface area contributed by atoms with Crippen molar-refractivity contribution in [3.05, 3.63) is 71.8 Å². The van der Waals surface area contributed by atoms with Crippen LogP contribution in [0, 0.1) is 11.8 Å². The number of aliphatic hydroxyl groups is 1. The minimum Gasteiger partial charge on any atom is -0.493 e. The van der Waals surface area contributed by atoms with Crippen LogP contribution < -0.4 is 20.1 Å². The lowest BCUT2D eigenvalue weighted by Crippen LogP contribution is -2.47. The molecule has 0 heterocycles. The standard InChI is InChI=1S/C35H50N2O7/c1-9-10-18-36-32(39)24(4)19-29(38)28(37-34(41)44-35(5,6)7)22-27(23(2)3)20-25-16-17-30(42-8)31(21-25)43-33(40)26-14-12-11-13-15-26/h11-17,21,23,27-29,38H,4,9-10,18-20,22H2,1-3,5-8H3,(H,36,39)(H,37,41)/t27-,28-,29-/m0/s1. The van der Waals surface area contributed by atoms with Crippen LogP contribution in [0.1, 0.15) is 83.1 Å². The van der Waals surface area contributed by atoms with Crippen LogP contribution in [0.15, 0.2) is 60.7 Å². The maximum Gasteiger partial charge on any atom is 0.407 e. The zero-order valence-corrected chi connectivity index (χ0v) is 27.3. The van der Waals surface area contributed by atoms with E-state index in [1.54, 1.807) is 57.2 Å². The second kappa shape index (κ2) is 17.4. The Morgan fingerprint density at radius 3 is 2.30 bits per heavy atom. The molecule has 2 aromatic rings. The Bertz CT molecular complexity index is 1240. The van der Waals surface area contributed by atoms with Crippen LogP contribution in [0.3, 0.4) is 0 Å². The number of unbranched alkanes of at least 4 members (excludes halogenated alkanes) is 1. The van der Waals surface area contributed by atoms with Gasteiger partial charge >= 0.3 is 12.1 Å². The van der Waals surface area contributed by atoms with Gasteiger partial charge < -0.3 is 30.0 Å². The zero-order chi connectivity index (χ0) is 32.9. The first-order chi connectivity index (χ1) is 20.7. The van der Waals surface area contributed by atoms with E-state index in [0.717, 1.165) is 18.4 Å². The maximum atomic E-state index is 12.8. The first-order valence-electron chi connectivity index (χ1n) is 15.3. The summed E-state index contributed by atoms with van der Waals surface area (Å²) in [7, 11) is 1.51. The number of hydrogen-bond acceptors (Lipinski definition) is 7. The number of benzene rings is 2. The van der Waals surface area contributed by atoms with Gasteiger partial charge in [-0.2, -0.15) is 0 Å². The van der Waals surface area contributed by atoms with E-state index < -0.39 is 29.8 Å². The molecule has 0 aliphatic carbocycles. The van der Waals surface area contributed by atoms with Crippen molar-refractivity contribution >= 4 is 18.0 Å². The van der Waals surface area contributed by atoms with Crippen LogP contribution in [0.2, 0.25) is 0 Å². The van der Waals surface area contributed by atoms with Crippen LogP contribution in [-0.2, 0) is 16.0 Å². The Hall–Kier alpha value is -3.85. The first kappa shape index (κ1) is 36.3. The van der Waals surface area contributed by atoms with E-state index in [0.29, 0.717) is 36.4 Å². The van der Waals surface area contributed by atoms with Gasteiger partial charge in [-0.05, 0) is 81.7 Å². The van der Waals surface area contributed by atoms with Gasteiger partial charge in [0.2, 0.25) is 5.91 Å². The molecule has 0 spiro atoms. The third-order valence-electron chi connectivity index (χ3n) is 7.20. The van der Waals surface area contributed by atoms with Gasteiger partial charge in [-0.15, -0.1) is 0 Å². The fourth-order valence-electron chi connectivity index (χ4n) is 4.64. The number of alkyl carbamates (subject to hydrolysis) is 1. The lowest BCUT2D eigenvalue weighted by molar-refractivity contribution is -0.117. The summed E-state index contributed by atoms with van der Waals surface area (Å²) in [5.74, 6) is 0.0604. The molecule has 0 saturated heterocycles. The van der Waals surface area contributed by atoms with E-state index in [1.165, 1.54) is 7.11 Å². The molecular weight excluding hydrogens is 560 g/mol. The summed E-state index contributed by atoms with van der Waals surface area (Å²) in [5, 5.41) is 16.9. The second-order valence-corrected chi connectivity index (χ2v) is 12.4. The molecule has 2 aromatic carbocycles. The number of methoxy groups -OCH3 is 1. The minimum atomic E-state index is -1.08. The molecule has 242 valence electrons. The van der Waals surface area contributed by atoms with Gasteiger partial charge in [-0.1, -0.05) is 58.0 Å². The minimum absolute atomic E-state index is 0.00857. The highest BCUT2D eigenvalue weighted by Gasteiger charge is 2.30. The number of carbonyl (C=O) groups excluding carboxylic acids is 3. The number of esters is 1. The van der Waals surface area contributed by atoms with Gasteiger partial charge in [-0.3, -0.25) is 4.79 Å². The number of ether oxygens (including phenoxy) is 3. The van der Waals surface area contributed by atoms with Crippen LogP contribution in [-0.4, -0.2) is 54.5 Å². The second-order valence-electron chi connectivity index (χ2n) is 12.4. The summed E-state index contributed by atoms with van der Waals surface area (Å²) in [6.45, 7) is 15.9. The van der Waals surface area contributed by atoms with E-state index in [1.807, 2.05) is 19.1 Å². The predicted molar refractivity (Wildman–Crippen MR) is 172 cm³/mol. The highest BCUT2D eigenvalue weighted by atomic mass is 16.6. The summed E-state index contributed by atoms with van der Waals surface area (Å²) < 4.78 is 16.6. The van der Waals surface area contributed by atoms with Crippen molar-refractivity contribution in [1.29, 1.82) is 0 Å². The Balaban J connectivity index is 2.26. The highest BCUT2D eigenvalue weighted by Crippen LogP contribution is 2.32. The van der Waals surface area contributed by atoms with Gasteiger partial charge in [0.05, 0.1) is 24.8 Å². The number of hydrogen-bond donors (Lipinski definition) is 3. The molecule has 0 unspecified atom stereocenters. The average molecular weight is 611 g/mol. The van der Waals surface area contributed by atoms with Gasteiger partial charge in [0, 0.05) is 18.5 Å². The molecule has 0 fully saturated rings. The maximum absolute atomic E-state index is 12.8. The fraction of sp³-hybridized carbons (Fsp3) is 0.514. The van der Waals surface area contributed by atoms with Crippen molar-refractivity contribution in [3.8, 4) is 11.5 Å². The van der Waals surface area contributed by atoms with Gasteiger partial charge in [0.15, 0.2) is 11.5 Å². The Labute approximate surface area is 262 Å². The van der Waals surface area contributed by atoms with Gasteiger partial charge in [0.1, 0.15) is 5.60 Å². The van der Waals surface area contributed by atoms with E-state index in [-0.39, 0.29) is 29.7 Å². The molecular formula is C35H50N2O7. The number of carbonyl (C=O) groups is 3. The summed E-state index contributed by atoms with van der Waals surface area (Å²) in [5.41, 5.74) is 0.832. The van der Waals surface area contributed by atoms with E-state index >= 15 is 0 Å². The number of rotatable bonds is 16. The number of amides is 2. The molecule has 0 bridgehead atoms. The van der Waals surface area contributed by atoms with E-state index in [2.05, 4.69) is 31.1 Å². The van der Waals surface area contributed by atoms with E-state index in [9.17, 15) is 19.5 Å². The number of nitrogens with one attached hydrogen (secondary N) is 2. The molecule has 9 nitrogen and oxygen atoms in total.